The van der Waals surface area contributed by atoms with Crippen LogP contribution in [-0.2, 0) is 14.8 Å². The molecule has 0 spiro atoms. The highest BCUT2D eigenvalue weighted by atomic mass is 32.2. The van der Waals surface area contributed by atoms with Crippen molar-refractivity contribution in [3.05, 3.63) is 28.7 Å². The van der Waals surface area contributed by atoms with Crippen molar-refractivity contribution in [2.75, 3.05) is 20.3 Å². The molecule has 3 N–H and O–H groups in total. The molecule has 1 heterocycles. The first-order valence-electron chi connectivity index (χ1n) is 5.30. The Balaban J connectivity index is 2.93. The first-order chi connectivity index (χ1) is 8.51. The number of rotatable bonds is 7. The molecule has 0 aliphatic carbocycles. The van der Waals surface area contributed by atoms with Gasteiger partial charge in [0.2, 0.25) is 15.5 Å². The maximum Gasteiger partial charge on any atom is 0.246 e. The number of pyridine rings is 1. The van der Waals surface area contributed by atoms with Crippen molar-refractivity contribution < 1.29 is 18.3 Å². The summed E-state index contributed by atoms with van der Waals surface area (Å²) in [5.41, 5.74) is -0.596. The lowest BCUT2D eigenvalue weighted by Gasteiger charge is -2.16. The zero-order valence-electron chi connectivity index (χ0n) is 9.92. The predicted molar refractivity (Wildman–Crippen MR) is 64.8 cm³/mol. The Bertz CT molecular complexity index is 519. The van der Waals surface area contributed by atoms with Gasteiger partial charge in [-0.25, -0.2) is 13.1 Å². The van der Waals surface area contributed by atoms with E-state index in [1.807, 2.05) is 0 Å². The van der Waals surface area contributed by atoms with Crippen molar-refractivity contribution in [1.29, 1.82) is 0 Å². The van der Waals surface area contributed by atoms with Crippen LogP contribution >= 0.6 is 0 Å². The van der Waals surface area contributed by atoms with Gasteiger partial charge in [0.1, 0.15) is 4.90 Å². The average Bonchev–Trinajstić information content (AvgIpc) is 2.29. The van der Waals surface area contributed by atoms with E-state index in [0.29, 0.717) is 0 Å². The zero-order valence-corrected chi connectivity index (χ0v) is 10.7. The molecule has 0 amide bonds. The van der Waals surface area contributed by atoms with E-state index in [1.54, 1.807) is 0 Å². The van der Waals surface area contributed by atoms with Crippen LogP contribution in [0.15, 0.2) is 28.2 Å². The molecule has 8 heteroatoms. The third-order valence-corrected chi connectivity index (χ3v) is 3.79. The van der Waals surface area contributed by atoms with Gasteiger partial charge in [0.05, 0.1) is 6.61 Å². The number of sulfonamides is 1. The summed E-state index contributed by atoms with van der Waals surface area (Å²) < 4.78 is 31.1. The van der Waals surface area contributed by atoms with E-state index in [1.165, 1.54) is 13.3 Å². The summed E-state index contributed by atoms with van der Waals surface area (Å²) in [5, 5.41) is 8.83. The van der Waals surface area contributed by atoms with Gasteiger partial charge in [-0.1, -0.05) is 0 Å². The molecular weight excluding hydrogens is 260 g/mol. The number of H-pyrrole nitrogens is 1. The molecule has 0 saturated carbocycles. The third-order valence-electron chi connectivity index (χ3n) is 2.24. The summed E-state index contributed by atoms with van der Waals surface area (Å²) in [6, 6.07) is 0.552. The molecule has 0 radical (unpaired) electrons. The van der Waals surface area contributed by atoms with Crippen molar-refractivity contribution in [3.8, 4) is 0 Å². The summed E-state index contributed by atoms with van der Waals surface area (Å²) in [5.74, 6) is 0. The second-order valence-electron chi connectivity index (χ2n) is 3.66. The Hall–Kier alpha value is -1.22. The van der Waals surface area contributed by atoms with Crippen LogP contribution in [0.5, 0.6) is 0 Å². The summed E-state index contributed by atoms with van der Waals surface area (Å²) >= 11 is 0. The van der Waals surface area contributed by atoms with Crippen molar-refractivity contribution in [2.45, 2.75) is 17.4 Å². The fourth-order valence-corrected chi connectivity index (χ4v) is 2.73. The summed E-state index contributed by atoms with van der Waals surface area (Å²) in [7, 11) is -2.49. The van der Waals surface area contributed by atoms with Gasteiger partial charge >= 0.3 is 0 Å². The third kappa shape index (κ3) is 3.91. The number of hydrogen-bond acceptors (Lipinski definition) is 5. The van der Waals surface area contributed by atoms with Gasteiger partial charge in [-0.3, -0.25) is 4.79 Å². The molecule has 1 aromatic heterocycles. The van der Waals surface area contributed by atoms with Crippen LogP contribution in [0.4, 0.5) is 0 Å². The Kier molecular flexibility index (Phi) is 5.48. The topological polar surface area (TPSA) is 108 Å². The largest absolute Gasteiger partial charge is 0.396 e. The predicted octanol–water partition coefficient (Wildman–Crippen LogP) is -0.949. The number of aromatic amines is 1. The highest BCUT2D eigenvalue weighted by Crippen LogP contribution is 2.03. The minimum atomic E-state index is -3.92. The maximum atomic E-state index is 11.9. The number of methoxy groups -OCH3 is 1. The first-order valence-corrected chi connectivity index (χ1v) is 6.79. The summed E-state index contributed by atoms with van der Waals surface area (Å²) in [6.07, 6.45) is 2.67. The number of hydrogen-bond donors (Lipinski definition) is 3. The number of aliphatic hydroxyl groups excluding tert-OH is 1. The van der Waals surface area contributed by atoms with Crippen molar-refractivity contribution in [3.63, 3.8) is 0 Å². The van der Waals surface area contributed by atoms with Gasteiger partial charge in [0, 0.05) is 38.2 Å². The molecule has 0 fully saturated rings. The maximum absolute atomic E-state index is 11.9. The molecule has 1 rings (SSSR count). The highest BCUT2D eigenvalue weighted by molar-refractivity contribution is 7.89. The van der Waals surface area contributed by atoms with Crippen LogP contribution in [0, 0.1) is 0 Å². The van der Waals surface area contributed by atoms with Crippen molar-refractivity contribution >= 4 is 10.0 Å². The second kappa shape index (κ2) is 6.64. The van der Waals surface area contributed by atoms with Gasteiger partial charge < -0.3 is 14.8 Å². The summed E-state index contributed by atoms with van der Waals surface area (Å²) in [6.45, 7) is -0.0633. The molecule has 1 aromatic rings. The number of aromatic nitrogens is 1. The van der Waals surface area contributed by atoms with Gasteiger partial charge in [-0.2, -0.15) is 0 Å². The van der Waals surface area contributed by atoms with Crippen LogP contribution in [0.2, 0.25) is 0 Å². The quantitative estimate of drug-likeness (QED) is 0.595. The Labute approximate surface area is 105 Å². The van der Waals surface area contributed by atoms with Crippen LogP contribution in [0.3, 0.4) is 0 Å². The average molecular weight is 276 g/mol. The smallest absolute Gasteiger partial charge is 0.246 e. The molecule has 18 heavy (non-hydrogen) atoms. The van der Waals surface area contributed by atoms with Gasteiger partial charge in [0.15, 0.2) is 0 Å². The fraction of sp³-hybridized carbons (Fsp3) is 0.500. The molecule has 0 aromatic carbocycles. The Morgan fingerprint density at radius 3 is 2.83 bits per heavy atom. The van der Waals surface area contributed by atoms with E-state index in [0.717, 1.165) is 12.3 Å². The van der Waals surface area contributed by atoms with Crippen molar-refractivity contribution in [1.82, 2.24) is 9.71 Å². The molecular formula is C10H16N2O5S. The number of nitrogens with one attached hydrogen (secondary N) is 2. The highest BCUT2D eigenvalue weighted by Gasteiger charge is 2.22. The van der Waals surface area contributed by atoms with Crippen LogP contribution < -0.4 is 10.2 Å². The molecule has 7 nitrogen and oxygen atoms in total. The molecule has 0 aliphatic heterocycles. The van der Waals surface area contributed by atoms with E-state index >= 15 is 0 Å². The molecule has 0 aliphatic rings. The second-order valence-corrected chi connectivity index (χ2v) is 5.34. The lowest BCUT2D eigenvalue weighted by Crippen LogP contribution is -2.40. The normalized spacial score (nSPS) is 13.4. The number of ether oxygens (including phenoxy) is 1. The van der Waals surface area contributed by atoms with E-state index < -0.39 is 21.5 Å². The van der Waals surface area contributed by atoms with Crippen LogP contribution in [0.1, 0.15) is 6.42 Å². The Morgan fingerprint density at radius 2 is 2.28 bits per heavy atom. The van der Waals surface area contributed by atoms with E-state index in [-0.39, 0.29) is 24.5 Å². The molecule has 0 saturated heterocycles. The van der Waals surface area contributed by atoms with Crippen molar-refractivity contribution in [2.24, 2.45) is 0 Å². The van der Waals surface area contributed by atoms with Crippen LogP contribution in [0.25, 0.3) is 0 Å². The molecule has 0 bridgehead atoms. The van der Waals surface area contributed by atoms with E-state index in [4.69, 9.17) is 9.84 Å². The standard InChI is InChI=1S/C10H16N2O5S/c1-17-7-8(3-5-13)12-18(15,16)10-6-11-4-2-9(10)14/h2,4,6,8,12-13H,3,5,7H2,1H3,(H,11,14). The zero-order chi connectivity index (χ0) is 13.6. The monoisotopic (exact) mass is 276 g/mol. The van der Waals surface area contributed by atoms with Crippen LogP contribution in [-0.4, -0.2) is 44.9 Å². The minimum absolute atomic E-state index is 0.116. The fourth-order valence-electron chi connectivity index (χ4n) is 1.43. The number of aliphatic hydroxyl groups is 1. The first kappa shape index (κ1) is 14.8. The van der Waals surface area contributed by atoms with E-state index in [2.05, 4.69) is 9.71 Å². The van der Waals surface area contributed by atoms with Gasteiger partial charge in [-0.05, 0) is 6.42 Å². The van der Waals surface area contributed by atoms with Gasteiger partial charge in [-0.15, -0.1) is 0 Å². The SMILES string of the molecule is COCC(CCO)NS(=O)(=O)c1c[nH]ccc1=O. The summed E-state index contributed by atoms with van der Waals surface area (Å²) in [4.78, 5) is 13.6. The van der Waals surface area contributed by atoms with E-state index in [9.17, 15) is 13.2 Å². The van der Waals surface area contributed by atoms with Gasteiger partial charge in [0.25, 0.3) is 0 Å². The molecule has 1 unspecified atom stereocenters. The lowest BCUT2D eigenvalue weighted by molar-refractivity contribution is 0.158. The Morgan fingerprint density at radius 1 is 1.56 bits per heavy atom. The molecule has 1 atom stereocenters. The minimum Gasteiger partial charge on any atom is -0.396 e. The molecule has 102 valence electrons. The lowest BCUT2D eigenvalue weighted by atomic mass is 10.2.